The Hall–Kier alpha value is -1.89. The van der Waals surface area contributed by atoms with Gasteiger partial charge in [-0.15, -0.1) is 0 Å². The normalized spacial score (nSPS) is 13.4. The van der Waals surface area contributed by atoms with Crippen LogP contribution in [-0.4, -0.2) is 16.7 Å². The summed E-state index contributed by atoms with van der Waals surface area (Å²) in [7, 11) is 0. The number of nitrogens with two attached hydrogens (primary N) is 1. The van der Waals surface area contributed by atoms with E-state index in [1.165, 1.54) is 12.1 Å². The van der Waals surface area contributed by atoms with E-state index in [1.54, 1.807) is 0 Å². The van der Waals surface area contributed by atoms with Crippen molar-refractivity contribution in [2.24, 2.45) is 11.7 Å². The summed E-state index contributed by atoms with van der Waals surface area (Å²) in [6.07, 6.45) is -3.04. The van der Waals surface area contributed by atoms with Crippen LogP contribution in [0, 0.1) is 5.92 Å². The van der Waals surface area contributed by atoms with Crippen LogP contribution in [-0.2, 0) is 12.6 Å². The molecule has 0 radical (unpaired) electrons. The quantitative estimate of drug-likeness (QED) is 0.920. The van der Waals surface area contributed by atoms with Crippen molar-refractivity contribution in [2.75, 3.05) is 6.54 Å². The summed E-state index contributed by atoms with van der Waals surface area (Å²) < 4.78 is 43.0. The smallest absolute Gasteiger partial charge is 0.339 e. The van der Waals surface area contributed by atoms with Gasteiger partial charge in [0.1, 0.15) is 0 Å². The molecule has 1 aromatic heterocycles. The molecular weight excluding hydrogens is 283 g/mol. The third-order valence-electron chi connectivity index (χ3n) is 3.17. The second kappa shape index (κ2) is 6.26. The van der Waals surface area contributed by atoms with Crippen LogP contribution < -0.4 is 5.73 Å². The first kappa shape index (κ1) is 15.5. The molecular formula is C14H16F3N3O. The summed E-state index contributed by atoms with van der Waals surface area (Å²) in [5.74, 6) is 0.896. The first-order valence-electron chi connectivity index (χ1n) is 6.60. The molecule has 0 aliphatic heterocycles. The SMILES string of the molecule is CC(CN)CCc1nc(-c2cccc(C(F)(F)F)c2)no1. The fraction of sp³-hybridized carbons (Fsp3) is 0.429. The summed E-state index contributed by atoms with van der Waals surface area (Å²) >= 11 is 0. The van der Waals surface area contributed by atoms with E-state index in [0.29, 0.717) is 24.8 Å². The van der Waals surface area contributed by atoms with Gasteiger partial charge in [-0.25, -0.2) is 0 Å². The topological polar surface area (TPSA) is 64.9 Å². The maximum Gasteiger partial charge on any atom is 0.416 e. The molecule has 0 aliphatic carbocycles. The van der Waals surface area contributed by atoms with Crippen LogP contribution in [0.5, 0.6) is 0 Å². The minimum Gasteiger partial charge on any atom is -0.339 e. The Morgan fingerprint density at radius 2 is 2.10 bits per heavy atom. The maximum atomic E-state index is 12.7. The summed E-state index contributed by atoms with van der Waals surface area (Å²) in [4.78, 5) is 4.12. The number of aromatic nitrogens is 2. The van der Waals surface area contributed by atoms with Gasteiger partial charge in [-0.05, 0) is 31.0 Å². The molecule has 0 bridgehead atoms. The average molecular weight is 299 g/mol. The highest BCUT2D eigenvalue weighted by atomic mass is 19.4. The molecule has 1 unspecified atom stereocenters. The van der Waals surface area contributed by atoms with Crippen molar-refractivity contribution in [1.29, 1.82) is 0 Å². The fourth-order valence-electron chi connectivity index (χ4n) is 1.80. The van der Waals surface area contributed by atoms with E-state index in [0.717, 1.165) is 18.6 Å². The van der Waals surface area contributed by atoms with Gasteiger partial charge in [0.25, 0.3) is 0 Å². The number of hydrogen-bond acceptors (Lipinski definition) is 4. The number of hydrogen-bond donors (Lipinski definition) is 1. The van der Waals surface area contributed by atoms with Gasteiger partial charge >= 0.3 is 6.18 Å². The van der Waals surface area contributed by atoms with E-state index in [1.807, 2.05) is 6.92 Å². The number of halogens is 3. The van der Waals surface area contributed by atoms with Crippen molar-refractivity contribution in [3.05, 3.63) is 35.7 Å². The van der Waals surface area contributed by atoms with Gasteiger partial charge in [-0.1, -0.05) is 24.2 Å². The van der Waals surface area contributed by atoms with Gasteiger partial charge in [0.05, 0.1) is 5.56 Å². The predicted molar refractivity (Wildman–Crippen MR) is 71.3 cm³/mol. The van der Waals surface area contributed by atoms with E-state index in [2.05, 4.69) is 10.1 Å². The Kier molecular flexibility index (Phi) is 4.62. The molecule has 7 heteroatoms. The second-order valence-electron chi connectivity index (χ2n) is 4.97. The van der Waals surface area contributed by atoms with Crippen LogP contribution in [0.3, 0.4) is 0 Å². The molecule has 4 nitrogen and oxygen atoms in total. The molecule has 114 valence electrons. The van der Waals surface area contributed by atoms with Crippen LogP contribution in [0.25, 0.3) is 11.4 Å². The predicted octanol–water partition coefficient (Wildman–Crippen LogP) is 3.28. The molecule has 1 heterocycles. The van der Waals surface area contributed by atoms with Crippen LogP contribution in [0.4, 0.5) is 13.2 Å². The number of aryl methyl sites for hydroxylation is 1. The third-order valence-corrected chi connectivity index (χ3v) is 3.17. The van der Waals surface area contributed by atoms with Crippen LogP contribution in [0.15, 0.2) is 28.8 Å². The molecule has 1 atom stereocenters. The zero-order chi connectivity index (χ0) is 15.5. The van der Waals surface area contributed by atoms with Gasteiger partial charge in [-0.2, -0.15) is 18.2 Å². The van der Waals surface area contributed by atoms with Gasteiger partial charge in [0.2, 0.25) is 11.7 Å². The summed E-state index contributed by atoms with van der Waals surface area (Å²) in [5.41, 5.74) is 5.07. The zero-order valence-corrected chi connectivity index (χ0v) is 11.5. The largest absolute Gasteiger partial charge is 0.416 e. The Bertz CT molecular complexity index is 595. The van der Waals surface area contributed by atoms with Crippen molar-refractivity contribution in [3.8, 4) is 11.4 Å². The molecule has 0 fully saturated rings. The van der Waals surface area contributed by atoms with E-state index in [9.17, 15) is 13.2 Å². The van der Waals surface area contributed by atoms with E-state index in [-0.39, 0.29) is 11.4 Å². The van der Waals surface area contributed by atoms with Gasteiger partial charge in [-0.3, -0.25) is 0 Å². The Labute approximate surface area is 120 Å². The first-order valence-corrected chi connectivity index (χ1v) is 6.60. The molecule has 21 heavy (non-hydrogen) atoms. The first-order chi connectivity index (χ1) is 9.90. The Morgan fingerprint density at radius 3 is 2.76 bits per heavy atom. The van der Waals surface area contributed by atoms with Crippen LogP contribution in [0.2, 0.25) is 0 Å². The lowest BCUT2D eigenvalue weighted by Gasteiger charge is -2.06. The third kappa shape index (κ3) is 4.04. The molecule has 0 saturated carbocycles. The second-order valence-corrected chi connectivity index (χ2v) is 4.97. The monoisotopic (exact) mass is 299 g/mol. The van der Waals surface area contributed by atoms with Crippen molar-refractivity contribution >= 4 is 0 Å². The molecule has 0 aliphatic rings. The molecule has 2 N–H and O–H groups in total. The lowest BCUT2D eigenvalue weighted by molar-refractivity contribution is -0.137. The van der Waals surface area contributed by atoms with Gasteiger partial charge < -0.3 is 10.3 Å². The van der Waals surface area contributed by atoms with Crippen molar-refractivity contribution in [2.45, 2.75) is 25.9 Å². The molecule has 2 rings (SSSR count). The molecule has 2 aromatic rings. The number of alkyl halides is 3. The van der Waals surface area contributed by atoms with Crippen molar-refractivity contribution in [3.63, 3.8) is 0 Å². The standard InChI is InChI=1S/C14H16F3N3O/c1-9(8-18)5-6-12-19-13(20-21-12)10-3-2-4-11(7-10)14(15,16)17/h2-4,7,9H,5-6,8,18H2,1H3. The van der Waals surface area contributed by atoms with Crippen LogP contribution in [0.1, 0.15) is 24.8 Å². The highest BCUT2D eigenvalue weighted by Crippen LogP contribution is 2.31. The fourth-order valence-corrected chi connectivity index (χ4v) is 1.80. The minimum atomic E-state index is -4.39. The van der Waals surface area contributed by atoms with E-state index in [4.69, 9.17) is 10.3 Å². The number of rotatable bonds is 5. The number of nitrogens with zero attached hydrogens (tertiary/aromatic N) is 2. The Morgan fingerprint density at radius 1 is 1.33 bits per heavy atom. The number of benzene rings is 1. The lowest BCUT2D eigenvalue weighted by Crippen LogP contribution is -2.11. The van der Waals surface area contributed by atoms with Gasteiger partial charge in [0, 0.05) is 12.0 Å². The average Bonchev–Trinajstić information content (AvgIpc) is 2.93. The summed E-state index contributed by atoms with van der Waals surface area (Å²) in [5, 5.41) is 3.73. The minimum absolute atomic E-state index is 0.163. The molecule has 0 saturated heterocycles. The zero-order valence-electron chi connectivity index (χ0n) is 11.5. The summed E-state index contributed by atoms with van der Waals surface area (Å²) in [6.45, 7) is 2.57. The lowest BCUT2D eigenvalue weighted by atomic mass is 10.1. The van der Waals surface area contributed by atoms with E-state index >= 15 is 0 Å². The van der Waals surface area contributed by atoms with E-state index < -0.39 is 11.7 Å². The summed E-state index contributed by atoms with van der Waals surface area (Å²) in [6, 6.07) is 4.86. The maximum absolute atomic E-state index is 12.7. The highest BCUT2D eigenvalue weighted by Gasteiger charge is 2.30. The molecule has 0 amide bonds. The van der Waals surface area contributed by atoms with Gasteiger partial charge in [0.15, 0.2) is 0 Å². The van der Waals surface area contributed by atoms with Crippen molar-refractivity contribution in [1.82, 2.24) is 10.1 Å². The Balaban J connectivity index is 2.14. The van der Waals surface area contributed by atoms with Crippen LogP contribution >= 0.6 is 0 Å². The highest BCUT2D eigenvalue weighted by molar-refractivity contribution is 5.55. The molecule has 0 spiro atoms. The van der Waals surface area contributed by atoms with Crippen molar-refractivity contribution < 1.29 is 17.7 Å². The molecule has 1 aromatic carbocycles.